The maximum atomic E-state index is 5.79. The number of hydrogen-bond acceptors (Lipinski definition) is 2. The van der Waals surface area contributed by atoms with Crippen molar-refractivity contribution in [2.75, 3.05) is 0 Å². The first kappa shape index (κ1) is 7.35. The molecule has 0 radical (unpaired) electrons. The van der Waals surface area contributed by atoms with E-state index >= 15 is 0 Å². The Morgan fingerprint density at radius 1 is 1.70 bits per heavy atom. The van der Waals surface area contributed by atoms with E-state index in [9.17, 15) is 0 Å². The molecular weight excluding hydrogens is 126 g/mol. The monoisotopic (exact) mass is 139 g/mol. The number of rotatable bonds is 3. The maximum absolute atomic E-state index is 5.79. The summed E-state index contributed by atoms with van der Waals surface area (Å²) in [4.78, 5) is 0. The molecule has 0 aliphatic heterocycles. The van der Waals surface area contributed by atoms with Crippen LogP contribution >= 0.6 is 0 Å². The van der Waals surface area contributed by atoms with Crippen molar-refractivity contribution in [3.05, 3.63) is 24.2 Å². The van der Waals surface area contributed by atoms with Gasteiger partial charge in [-0.15, -0.1) is 0 Å². The Morgan fingerprint density at radius 2 is 2.50 bits per heavy atom. The lowest BCUT2D eigenvalue weighted by atomic mass is 10.1. The van der Waals surface area contributed by atoms with E-state index in [1.807, 2.05) is 6.07 Å². The summed E-state index contributed by atoms with van der Waals surface area (Å²) < 4.78 is 4.90. The van der Waals surface area contributed by atoms with Crippen molar-refractivity contribution >= 4 is 0 Å². The Bertz CT molecular complexity index is 169. The molecule has 2 N–H and O–H groups in total. The minimum Gasteiger partial charge on any atom is -0.472 e. The van der Waals surface area contributed by atoms with Gasteiger partial charge < -0.3 is 10.2 Å². The van der Waals surface area contributed by atoms with Crippen LogP contribution in [0.3, 0.4) is 0 Å². The highest BCUT2D eigenvalue weighted by atomic mass is 16.3. The fourth-order valence-electron chi connectivity index (χ4n) is 0.964. The van der Waals surface area contributed by atoms with Gasteiger partial charge in [-0.3, -0.25) is 0 Å². The number of nitrogens with two attached hydrogens (primary N) is 1. The van der Waals surface area contributed by atoms with Crippen molar-refractivity contribution in [3.63, 3.8) is 0 Å². The van der Waals surface area contributed by atoms with Crippen LogP contribution < -0.4 is 5.73 Å². The molecule has 1 atom stereocenters. The van der Waals surface area contributed by atoms with Gasteiger partial charge in [0.2, 0.25) is 0 Å². The highest BCUT2D eigenvalue weighted by Gasteiger charge is 2.03. The molecule has 1 aromatic rings. The first-order valence-corrected chi connectivity index (χ1v) is 3.62. The molecule has 0 amide bonds. The van der Waals surface area contributed by atoms with Crippen LogP contribution in [0, 0.1) is 0 Å². The van der Waals surface area contributed by atoms with Gasteiger partial charge in [0.1, 0.15) is 0 Å². The molecule has 2 nitrogen and oxygen atoms in total. The summed E-state index contributed by atoms with van der Waals surface area (Å²) in [5.41, 5.74) is 6.89. The van der Waals surface area contributed by atoms with Gasteiger partial charge in [-0.1, -0.05) is 13.3 Å². The van der Waals surface area contributed by atoms with E-state index in [0.717, 1.165) is 18.4 Å². The first-order valence-electron chi connectivity index (χ1n) is 3.62. The topological polar surface area (TPSA) is 39.2 Å². The average molecular weight is 139 g/mol. The van der Waals surface area contributed by atoms with Gasteiger partial charge in [-0.25, -0.2) is 0 Å². The van der Waals surface area contributed by atoms with Crippen LogP contribution in [0.15, 0.2) is 23.0 Å². The predicted octanol–water partition coefficient (Wildman–Crippen LogP) is 2.08. The summed E-state index contributed by atoms with van der Waals surface area (Å²) in [7, 11) is 0. The molecule has 0 bridgehead atoms. The Hall–Kier alpha value is -0.760. The van der Waals surface area contributed by atoms with Gasteiger partial charge in [0.25, 0.3) is 0 Å². The largest absolute Gasteiger partial charge is 0.472 e. The highest BCUT2D eigenvalue weighted by Crippen LogP contribution is 2.14. The second kappa shape index (κ2) is 3.42. The summed E-state index contributed by atoms with van der Waals surface area (Å²) in [6.45, 7) is 2.12. The molecule has 0 aromatic carbocycles. The van der Waals surface area contributed by atoms with Crippen molar-refractivity contribution < 1.29 is 4.42 Å². The van der Waals surface area contributed by atoms with Crippen LogP contribution in [0.1, 0.15) is 31.4 Å². The number of hydrogen-bond donors (Lipinski definition) is 1. The van der Waals surface area contributed by atoms with Crippen LogP contribution in [0.2, 0.25) is 0 Å². The lowest BCUT2D eigenvalue weighted by Crippen LogP contribution is -2.07. The first-order chi connectivity index (χ1) is 4.84. The zero-order valence-electron chi connectivity index (χ0n) is 6.21. The van der Waals surface area contributed by atoms with E-state index in [1.165, 1.54) is 0 Å². The summed E-state index contributed by atoms with van der Waals surface area (Å²) in [5.74, 6) is 0. The molecule has 1 aromatic heterocycles. The van der Waals surface area contributed by atoms with Gasteiger partial charge in [-0.2, -0.15) is 0 Å². The van der Waals surface area contributed by atoms with Crippen LogP contribution in [0.25, 0.3) is 0 Å². The van der Waals surface area contributed by atoms with E-state index in [1.54, 1.807) is 12.5 Å². The molecule has 1 heterocycles. The lowest BCUT2D eigenvalue weighted by molar-refractivity contribution is 0.553. The SMILES string of the molecule is CCC[C@H](N)c1ccoc1. The van der Waals surface area contributed by atoms with E-state index in [0.29, 0.717) is 0 Å². The van der Waals surface area contributed by atoms with Crippen LogP contribution in [0.5, 0.6) is 0 Å². The van der Waals surface area contributed by atoms with Gasteiger partial charge in [0.05, 0.1) is 12.5 Å². The molecule has 0 saturated carbocycles. The molecular formula is C8H13NO. The van der Waals surface area contributed by atoms with Crippen LogP contribution in [0.4, 0.5) is 0 Å². The van der Waals surface area contributed by atoms with Gasteiger partial charge in [0.15, 0.2) is 0 Å². The second-order valence-corrected chi connectivity index (χ2v) is 2.45. The maximum Gasteiger partial charge on any atom is 0.0950 e. The Morgan fingerprint density at radius 3 is 3.00 bits per heavy atom. The quantitative estimate of drug-likeness (QED) is 0.696. The van der Waals surface area contributed by atoms with E-state index in [-0.39, 0.29) is 6.04 Å². The zero-order valence-corrected chi connectivity index (χ0v) is 6.21. The molecule has 0 aliphatic carbocycles. The fourth-order valence-corrected chi connectivity index (χ4v) is 0.964. The zero-order chi connectivity index (χ0) is 7.40. The van der Waals surface area contributed by atoms with Crippen molar-refractivity contribution in [1.29, 1.82) is 0 Å². The second-order valence-electron chi connectivity index (χ2n) is 2.45. The van der Waals surface area contributed by atoms with Crippen LogP contribution in [-0.4, -0.2) is 0 Å². The third-order valence-electron chi connectivity index (χ3n) is 1.57. The van der Waals surface area contributed by atoms with Crippen molar-refractivity contribution in [2.45, 2.75) is 25.8 Å². The fraction of sp³-hybridized carbons (Fsp3) is 0.500. The molecule has 0 fully saturated rings. The van der Waals surface area contributed by atoms with E-state index in [4.69, 9.17) is 10.2 Å². The molecule has 0 unspecified atom stereocenters. The lowest BCUT2D eigenvalue weighted by Gasteiger charge is -2.05. The molecule has 56 valence electrons. The van der Waals surface area contributed by atoms with Gasteiger partial charge >= 0.3 is 0 Å². The minimum absolute atomic E-state index is 0.156. The Kier molecular flexibility index (Phi) is 2.51. The normalized spacial score (nSPS) is 13.4. The predicted molar refractivity (Wildman–Crippen MR) is 40.5 cm³/mol. The Balaban J connectivity index is 2.50. The third kappa shape index (κ3) is 1.61. The molecule has 0 saturated heterocycles. The van der Waals surface area contributed by atoms with Crippen LogP contribution in [-0.2, 0) is 0 Å². The van der Waals surface area contributed by atoms with Crippen molar-refractivity contribution in [3.8, 4) is 0 Å². The summed E-state index contributed by atoms with van der Waals surface area (Å²) in [6.07, 6.45) is 5.51. The average Bonchev–Trinajstić information content (AvgIpc) is 2.38. The Labute approximate surface area is 61.0 Å². The van der Waals surface area contributed by atoms with Gasteiger partial charge in [-0.05, 0) is 12.5 Å². The summed E-state index contributed by atoms with van der Waals surface area (Å²) in [5, 5.41) is 0. The van der Waals surface area contributed by atoms with E-state index in [2.05, 4.69) is 6.92 Å². The molecule has 10 heavy (non-hydrogen) atoms. The molecule has 2 heteroatoms. The standard InChI is InChI=1S/C8H13NO/c1-2-3-8(9)7-4-5-10-6-7/h4-6,8H,2-3,9H2,1H3/t8-/m0/s1. The van der Waals surface area contributed by atoms with Crippen molar-refractivity contribution in [1.82, 2.24) is 0 Å². The summed E-state index contributed by atoms with van der Waals surface area (Å²) in [6, 6.07) is 2.07. The summed E-state index contributed by atoms with van der Waals surface area (Å²) >= 11 is 0. The molecule has 0 spiro atoms. The smallest absolute Gasteiger partial charge is 0.0950 e. The van der Waals surface area contributed by atoms with Gasteiger partial charge in [0, 0.05) is 11.6 Å². The van der Waals surface area contributed by atoms with Crippen molar-refractivity contribution in [2.24, 2.45) is 5.73 Å². The minimum atomic E-state index is 0.156. The number of furan rings is 1. The highest BCUT2D eigenvalue weighted by molar-refractivity contribution is 5.10. The molecule has 1 rings (SSSR count). The molecule has 0 aliphatic rings. The third-order valence-corrected chi connectivity index (χ3v) is 1.57. The van der Waals surface area contributed by atoms with E-state index < -0.39 is 0 Å².